The van der Waals surface area contributed by atoms with Gasteiger partial charge in [-0.25, -0.2) is 4.98 Å². The summed E-state index contributed by atoms with van der Waals surface area (Å²) >= 11 is 0. The molecule has 5 heteroatoms. The first kappa shape index (κ1) is 16.4. The molecule has 1 saturated heterocycles. The van der Waals surface area contributed by atoms with Crippen LogP contribution in [0.5, 0.6) is 0 Å². The van der Waals surface area contributed by atoms with Crippen molar-refractivity contribution in [2.45, 2.75) is 32.7 Å². The van der Waals surface area contributed by atoms with Gasteiger partial charge in [0.15, 0.2) is 0 Å². The van der Waals surface area contributed by atoms with Crippen molar-refractivity contribution in [2.75, 3.05) is 25.0 Å². The second-order valence-electron chi connectivity index (χ2n) is 6.48. The maximum absolute atomic E-state index is 12.7. The molecule has 0 radical (unpaired) electrons. The Labute approximate surface area is 143 Å². The van der Waals surface area contributed by atoms with E-state index in [1.54, 1.807) is 6.20 Å². The fourth-order valence-electron chi connectivity index (χ4n) is 3.15. The molecule has 2 aromatic rings. The van der Waals surface area contributed by atoms with Gasteiger partial charge >= 0.3 is 0 Å². The summed E-state index contributed by atoms with van der Waals surface area (Å²) in [4.78, 5) is 25.7. The van der Waals surface area contributed by atoms with Crippen LogP contribution in [0.1, 0.15) is 34.6 Å². The molecule has 3 rings (SSSR count). The Morgan fingerprint density at radius 2 is 2.04 bits per heavy atom. The summed E-state index contributed by atoms with van der Waals surface area (Å²) in [6.45, 7) is 5.73. The molecule has 0 aromatic carbocycles. The van der Waals surface area contributed by atoms with Crippen LogP contribution in [0.3, 0.4) is 0 Å². The molecule has 0 unspecified atom stereocenters. The highest BCUT2D eigenvalue weighted by molar-refractivity contribution is 5.94. The van der Waals surface area contributed by atoms with Gasteiger partial charge in [-0.1, -0.05) is 6.07 Å². The molecule has 1 amide bonds. The van der Waals surface area contributed by atoms with Gasteiger partial charge in [0.2, 0.25) is 0 Å². The number of nitrogens with zero attached hydrogens (tertiary/aromatic N) is 4. The second-order valence-corrected chi connectivity index (χ2v) is 6.48. The van der Waals surface area contributed by atoms with Gasteiger partial charge in [-0.3, -0.25) is 9.78 Å². The fraction of sp³-hybridized carbons (Fsp3) is 0.421. The van der Waals surface area contributed by atoms with Crippen molar-refractivity contribution in [3.8, 4) is 0 Å². The summed E-state index contributed by atoms with van der Waals surface area (Å²) in [5, 5.41) is 0. The third-order valence-electron chi connectivity index (χ3n) is 4.62. The molecule has 0 saturated carbocycles. The number of rotatable bonds is 3. The van der Waals surface area contributed by atoms with E-state index in [2.05, 4.69) is 14.9 Å². The van der Waals surface area contributed by atoms with E-state index < -0.39 is 0 Å². The quantitative estimate of drug-likeness (QED) is 0.871. The van der Waals surface area contributed by atoms with Gasteiger partial charge in [0.25, 0.3) is 5.91 Å². The molecule has 1 aliphatic rings. The summed E-state index contributed by atoms with van der Waals surface area (Å²) in [7, 11) is 1.89. The zero-order valence-corrected chi connectivity index (χ0v) is 14.6. The summed E-state index contributed by atoms with van der Waals surface area (Å²) in [6, 6.07) is 10.0. The first-order valence-electron chi connectivity index (χ1n) is 8.43. The third kappa shape index (κ3) is 3.55. The van der Waals surface area contributed by atoms with Gasteiger partial charge in [-0.05, 0) is 51.0 Å². The van der Waals surface area contributed by atoms with Gasteiger partial charge < -0.3 is 9.80 Å². The van der Waals surface area contributed by atoms with E-state index in [0.29, 0.717) is 5.56 Å². The predicted octanol–water partition coefficient (Wildman–Crippen LogP) is 2.83. The number of hydrogen-bond acceptors (Lipinski definition) is 4. The smallest absolute Gasteiger partial charge is 0.255 e. The van der Waals surface area contributed by atoms with Crippen molar-refractivity contribution in [3.05, 3.63) is 53.5 Å². The number of aromatic nitrogens is 2. The lowest BCUT2D eigenvalue weighted by Crippen LogP contribution is -2.49. The van der Waals surface area contributed by atoms with Gasteiger partial charge in [-0.15, -0.1) is 0 Å². The van der Waals surface area contributed by atoms with E-state index in [1.165, 1.54) is 0 Å². The van der Waals surface area contributed by atoms with Gasteiger partial charge in [0, 0.05) is 43.8 Å². The van der Waals surface area contributed by atoms with Crippen molar-refractivity contribution in [2.24, 2.45) is 0 Å². The number of aryl methyl sites for hydroxylation is 2. The number of anilines is 1. The minimum atomic E-state index is 0.0338. The highest BCUT2D eigenvalue weighted by Crippen LogP contribution is 2.21. The zero-order valence-electron chi connectivity index (χ0n) is 14.6. The number of piperidine rings is 1. The molecular weight excluding hydrogens is 300 g/mol. The molecule has 24 heavy (non-hydrogen) atoms. The highest BCUT2D eigenvalue weighted by atomic mass is 16.2. The summed E-state index contributed by atoms with van der Waals surface area (Å²) in [6.07, 6.45) is 3.74. The molecule has 0 bridgehead atoms. The largest absolute Gasteiger partial charge is 0.355 e. The Morgan fingerprint density at radius 3 is 2.75 bits per heavy atom. The maximum atomic E-state index is 12.7. The molecule has 1 aliphatic heterocycles. The Balaban J connectivity index is 1.71. The normalized spacial score (nSPS) is 17.6. The lowest BCUT2D eigenvalue weighted by atomic mass is 10.0. The van der Waals surface area contributed by atoms with E-state index in [1.807, 2.05) is 56.1 Å². The van der Waals surface area contributed by atoms with Crippen LogP contribution in [-0.4, -0.2) is 47.0 Å². The Hall–Kier alpha value is -2.43. The fourth-order valence-corrected chi connectivity index (χ4v) is 3.15. The summed E-state index contributed by atoms with van der Waals surface area (Å²) in [5.41, 5.74) is 2.59. The van der Waals surface area contributed by atoms with E-state index in [-0.39, 0.29) is 11.9 Å². The molecule has 1 fully saturated rings. The van der Waals surface area contributed by atoms with Crippen LogP contribution in [0, 0.1) is 13.8 Å². The number of carbonyl (C=O) groups is 1. The standard InChI is InChI=1S/C19H24N4O/c1-14-9-10-16(12-20-14)19(24)22(3)17-7-5-11-23(13-17)18-8-4-6-15(2)21-18/h4,6,8-10,12,17H,5,7,11,13H2,1-3H3/t17-/m0/s1. The van der Waals surface area contributed by atoms with Crippen molar-refractivity contribution in [1.82, 2.24) is 14.9 Å². The van der Waals surface area contributed by atoms with Gasteiger partial charge in [-0.2, -0.15) is 0 Å². The molecule has 3 heterocycles. The van der Waals surface area contributed by atoms with Crippen molar-refractivity contribution in [3.63, 3.8) is 0 Å². The molecule has 0 aliphatic carbocycles. The topological polar surface area (TPSA) is 49.3 Å². The van der Waals surface area contributed by atoms with Crippen molar-refractivity contribution < 1.29 is 4.79 Å². The molecule has 0 spiro atoms. The number of pyridine rings is 2. The van der Waals surface area contributed by atoms with Crippen molar-refractivity contribution >= 4 is 11.7 Å². The average molecular weight is 324 g/mol. The maximum Gasteiger partial charge on any atom is 0.255 e. The van der Waals surface area contributed by atoms with Crippen molar-refractivity contribution in [1.29, 1.82) is 0 Å². The number of carbonyl (C=O) groups excluding carboxylic acids is 1. The van der Waals surface area contributed by atoms with E-state index >= 15 is 0 Å². The minimum Gasteiger partial charge on any atom is -0.355 e. The zero-order chi connectivity index (χ0) is 17.1. The molecule has 2 aromatic heterocycles. The molecule has 126 valence electrons. The van der Waals surface area contributed by atoms with E-state index in [9.17, 15) is 4.79 Å². The molecule has 0 N–H and O–H groups in total. The van der Waals surface area contributed by atoms with Crippen LogP contribution in [0.4, 0.5) is 5.82 Å². The van der Waals surface area contributed by atoms with Crippen LogP contribution in [0.15, 0.2) is 36.5 Å². The number of likely N-dealkylation sites (N-methyl/N-ethyl adjacent to an activating group) is 1. The third-order valence-corrected chi connectivity index (χ3v) is 4.62. The average Bonchev–Trinajstić information content (AvgIpc) is 2.61. The highest BCUT2D eigenvalue weighted by Gasteiger charge is 2.27. The molecule has 1 atom stereocenters. The van der Waals surface area contributed by atoms with Crippen LogP contribution in [0.25, 0.3) is 0 Å². The van der Waals surface area contributed by atoms with Gasteiger partial charge in [0.05, 0.1) is 5.56 Å². The van der Waals surface area contributed by atoms with Gasteiger partial charge in [0.1, 0.15) is 5.82 Å². The van der Waals surface area contributed by atoms with E-state index in [4.69, 9.17) is 0 Å². The van der Waals surface area contributed by atoms with Crippen LogP contribution in [-0.2, 0) is 0 Å². The lowest BCUT2D eigenvalue weighted by Gasteiger charge is -2.38. The Morgan fingerprint density at radius 1 is 1.21 bits per heavy atom. The molecule has 5 nitrogen and oxygen atoms in total. The lowest BCUT2D eigenvalue weighted by molar-refractivity contribution is 0.0717. The van der Waals surface area contributed by atoms with Crippen LogP contribution in [0.2, 0.25) is 0 Å². The SMILES string of the molecule is Cc1ccc(C(=O)N(C)[C@H]2CCCN(c3cccc(C)n3)C2)cn1. The van der Waals surface area contributed by atoms with E-state index in [0.717, 1.165) is 43.1 Å². The number of amides is 1. The Kier molecular flexibility index (Phi) is 4.79. The summed E-state index contributed by atoms with van der Waals surface area (Å²) < 4.78 is 0. The van der Waals surface area contributed by atoms with Crippen LogP contribution < -0.4 is 4.90 Å². The monoisotopic (exact) mass is 324 g/mol. The number of hydrogen-bond donors (Lipinski definition) is 0. The first-order valence-corrected chi connectivity index (χ1v) is 8.43. The second kappa shape index (κ2) is 6.99. The van der Waals surface area contributed by atoms with Crippen LogP contribution >= 0.6 is 0 Å². The summed E-state index contributed by atoms with van der Waals surface area (Å²) in [5.74, 6) is 1.03. The predicted molar refractivity (Wildman–Crippen MR) is 95.3 cm³/mol. The minimum absolute atomic E-state index is 0.0338. The first-order chi connectivity index (χ1) is 11.5. The Bertz CT molecular complexity index is 714. The molecular formula is C19H24N4O.